The third-order valence-electron chi connectivity index (χ3n) is 2.01. The fourth-order valence-electron chi connectivity index (χ4n) is 1.36. The molecule has 1 unspecified atom stereocenters. The average molecular weight is 206 g/mol. The summed E-state index contributed by atoms with van der Waals surface area (Å²) in [6.07, 6.45) is 0.904. The van der Waals surface area contributed by atoms with Crippen molar-refractivity contribution >= 4 is 12.2 Å². The van der Waals surface area contributed by atoms with Gasteiger partial charge in [-0.05, 0) is 12.5 Å². The molecule has 0 aromatic heterocycles. The maximum absolute atomic E-state index is 11.0. The number of amides is 1. The number of rotatable bonds is 6. The molecule has 1 rings (SSSR count). The van der Waals surface area contributed by atoms with Crippen LogP contribution in [0.2, 0.25) is 0 Å². The number of hydrazine groups is 1. The highest BCUT2D eigenvalue weighted by Gasteiger charge is 2.12. The smallest absolute Gasteiger partial charge is 0.221 e. The summed E-state index contributed by atoms with van der Waals surface area (Å²) in [6, 6.07) is 9.34. The van der Waals surface area contributed by atoms with Crippen molar-refractivity contribution in [2.45, 2.75) is 19.4 Å². The molecule has 0 aliphatic rings. The average Bonchev–Trinajstić information content (AvgIpc) is 2.25. The summed E-state index contributed by atoms with van der Waals surface area (Å²) in [5, 5.41) is 0. The van der Waals surface area contributed by atoms with Gasteiger partial charge in [0.1, 0.15) is 5.78 Å². The van der Waals surface area contributed by atoms with Gasteiger partial charge in [-0.2, -0.15) is 0 Å². The SMILES string of the molecule is CC(=O)CC(NNC=O)c1ccccc1. The summed E-state index contributed by atoms with van der Waals surface area (Å²) in [7, 11) is 0. The standard InChI is InChI=1S/C11H14N2O2/c1-9(15)7-11(13-12-8-14)10-5-3-2-4-6-10/h2-6,8,11,13H,7H2,1H3,(H,12,14). The van der Waals surface area contributed by atoms with Gasteiger partial charge in [-0.1, -0.05) is 30.3 Å². The van der Waals surface area contributed by atoms with Crippen molar-refractivity contribution in [1.82, 2.24) is 10.9 Å². The minimum atomic E-state index is -0.172. The first kappa shape index (κ1) is 11.4. The molecule has 1 aromatic carbocycles. The molecule has 0 bridgehead atoms. The van der Waals surface area contributed by atoms with E-state index in [0.717, 1.165) is 5.56 Å². The third-order valence-corrected chi connectivity index (χ3v) is 2.01. The summed E-state index contributed by atoms with van der Waals surface area (Å²) >= 11 is 0. The zero-order chi connectivity index (χ0) is 11.1. The monoisotopic (exact) mass is 206 g/mol. The summed E-state index contributed by atoms with van der Waals surface area (Å²) in [5.74, 6) is 0.0732. The predicted molar refractivity (Wildman–Crippen MR) is 56.8 cm³/mol. The Hall–Kier alpha value is -1.68. The van der Waals surface area contributed by atoms with E-state index in [1.165, 1.54) is 6.92 Å². The van der Waals surface area contributed by atoms with Crippen LogP contribution in [0.25, 0.3) is 0 Å². The molecular weight excluding hydrogens is 192 g/mol. The first-order chi connectivity index (χ1) is 7.24. The quantitative estimate of drug-likeness (QED) is 0.538. The Kier molecular flexibility index (Phi) is 4.50. The van der Waals surface area contributed by atoms with Crippen molar-refractivity contribution in [3.8, 4) is 0 Å². The molecule has 0 saturated carbocycles. The number of carbonyl (C=O) groups excluding carboxylic acids is 2. The summed E-state index contributed by atoms with van der Waals surface area (Å²) < 4.78 is 0. The van der Waals surface area contributed by atoms with Gasteiger partial charge >= 0.3 is 0 Å². The van der Waals surface area contributed by atoms with Crippen LogP contribution in [0.15, 0.2) is 30.3 Å². The van der Waals surface area contributed by atoms with Gasteiger partial charge in [0.05, 0.1) is 6.04 Å². The van der Waals surface area contributed by atoms with Crippen molar-refractivity contribution < 1.29 is 9.59 Å². The van der Waals surface area contributed by atoms with Gasteiger partial charge in [0, 0.05) is 6.42 Å². The third kappa shape index (κ3) is 3.91. The lowest BCUT2D eigenvalue weighted by atomic mass is 10.0. The van der Waals surface area contributed by atoms with E-state index in [-0.39, 0.29) is 11.8 Å². The van der Waals surface area contributed by atoms with E-state index in [4.69, 9.17) is 0 Å². The molecule has 0 aliphatic carbocycles. The van der Waals surface area contributed by atoms with Crippen LogP contribution in [-0.4, -0.2) is 12.2 Å². The lowest BCUT2D eigenvalue weighted by Gasteiger charge is -2.16. The van der Waals surface area contributed by atoms with Crippen LogP contribution >= 0.6 is 0 Å². The molecule has 1 aromatic rings. The van der Waals surface area contributed by atoms with Crippen molar-refractivity contribution in [2.75, 3.05) is 0 Å². The number of nitrogens with one attached hydrogen (secondary N) is 2. The van der Waals surface area contributed by atoms with Crippen LogP contribution in [0.5, 0.6) is 0 Å². The van der Waals surface area contributed by atoms with E-state index in [1.807, 2.05) is 30.3 Å². The molecule has 0 heterocycles. The van der Waals surface area contributed by atoms with Crippen LogP contribution < -0.4 is 10.9 Å². The fraction of sp³-hybridized carbons (Fsp3) is 0.273. The molecule has 1 atom stereocenters. The molecule has 80 valence electrons. The molecule has 15 heavy (non-hydrogen) atoms. The normalized spacial score (nSPS) is 11.8. The maximum Gasteiger partial charge on any atom is 0.221 e. The Balaban J connectivity index is 2.71. The lowest BCUT2D eigenvalue weighted by molar-refractivity contribution is -0.118. The molecule has 2 N–H and O–H groups in total. The van der Waals surface area contributed by atoms with Gasteiger partial charge in [0.2, 0.25) is 6.41 Å². The number of hydrogen-bond acceptors (Lipinski definition) is 3. The minimum Gasteiger partial charge on any atom is -0.300 e. The first-order valence-electron chi connectivity index (χ1n) is 4.73. The molecule has 0 fully saturated rings. The van der Waals surface area contributed by atoms with Crippen LogP contribution in [0, 0.1) is 0 Å². The largest absolute Gasteiger partial charge is 0.300 e. The summed E-state index contributed by atoms with van der Waals surface area (Å²) in [4.78, 5) is 21.2. The lowest BCUT2D eigenvalue weighted by Crippen LogP contribution is -2.35. The number of carbonyl (C=O) groups is 2. The van der Waals surface area contributed by atoms with E-state index >= 15 is 0 Å². The molecule has 1 amide bonds. The molecule has 0 radical (unpaired) electrons. The second-order valence-electron chi connectivity index (χ2n) is 3.28. The van der Waals surface area contributed by atoms with E-state index in [9.17, 15) is 9.59 Å². The van der Waals surface area contributed by atoms with Crippen LogP contribution in [0.3, 0.4) is 0 Å². The van der Waals surface area contributed by atoms with Crippen LogP contribution in [0.1, 0.15) is 24.9 Å². The van der Waals surface area contributed by atoms with Gasteiger partial charge in [-0.3, -0.25) is 15.0 Å². The van der Waals surface area contributed by atoms with Gasteiger partial charge in [0.15, 0.2) is 0 Å². The second kappa shape index (κ2) is 5.93. The van der Waals surface area contributed by atoms with Gasteiger partial charge in [0.25, 0.3) is 0 Å². The Bertz CT molecular complexity index is 325. The number of Topliss-reactive ketones (excluding diaryl/α,β-unsaturated/α-hetero) is 1. The second-order valence-corrected chi connectivity index (χ2v) is 3.28. The Labute approximate surface area is 88.6 Å². The Morgan fingerprint density at radius 1 is 1.40 bits per heavy atom. The van der Waals surface area contributed by atoms with Gasteiger partial charge < -0.3 is 0 Å². The molecule has 4 heteroatoms. The molecule has 0 saturated heterocycles. The highest BCUT2D eigenvalue weighted by molar-refractivity contribution is 5.76. The van der Waals surface area contributed by atoms with Crippen molar-refractivity contribution in [3.05, 3.63) is 35.9 Å². The van der Waals surface area contributed by atoms with Crippen molar-refractivity contribution in [1.29, 1.82) is 0 Å². The van der Waals surface area contributed by atoms with Crippen molar-refractivity contribution in [3.63, 3.8) is 0 Å². The van der Waals surface area contributed by atoms with Crippen LogP contribution in [0.4, 0.5) is 0 Å². The van der Waals surface area contributed by atoms with E-state index in [1.54, 1.807) is 0 Å². The zero-order valence-corrected chi connectivity index (χ0v) is 8.57. The number of ketones is 1. The maximum atomic E-state index is 11.0. The number of benzene rings is 1. The molecule has 4 nitrogen and oxygen atoms in total. The van der Waals surface area contributed by atoms with E-state index in [0.29, 0.717) is 12.8 Å². The highest BCUT2D eigenvalue weighted by atomic mass is 16.1. The first-order valence-corrected chi connectivity index (χ1v) is 4.73. The number of hydrogen-bond donors (Lipinski definition) is 2. The van der Waals surface area contributed by atoms with Gasteiger partial charge in [-0.25, -0.2) is 5.43 Å². The van der Waals surface area contributed by atoms with Crippen LogP contribution in [-0.2, 0) is 9.59 Å². The summed E-state index contributed by atoms with van der Waals surface area (Å²) in [6.45, 7) is 1.53. The van der Waals surface area contributed by atoms with Gasteiger partial charge in [-0.15, -0.1) is 0 Å². The predicted octanol–water partition coefficient (Wildman–Crippen LogP) is 0.957. The fourth-order valence-corrected chi connectivity index (χ4v) is 1.36. The Morgan fingerprint density at radius 3 is 2.60 bits per heavy atom. The molecule has 0 spiro atoms. The minimum absolute atomic E-state index is 0.0732. The molecule has 0 aliphatic heterocycles. The Morgan fingerprint density at radius 2 is 2.07 bits per heavy atom. The van der Waals surface area contributed by atoms with Crippen molar-refractivity contribution in [2.24, 2.45) is 0 Å². The molecular formula is C11H14N2O2. The topological polar surface area (TPSA) is 58.2 Å². The van der Waals surface area contributed by atoms with E-state index in [2.05, 4.69) is 10.9 Å². The van der Waals surface area contributed by atoms with E-state index < -0.39 is 0 Å². The zero-order valence-electron chi connectivity index (χ0n) is 8.57. The highest BCUT2D eigenvalue weighted by Crippen LogP contribution is 2.15. The summed E-state index contributed by atoms with van der Waals surface area (Å²) in [5.41, 5.74) is 6.12.